The Labute approximate surface area is 130 Å². The Hall–Kier alpha value is -2.39. The minimum atomic E-state index is -0.0863. The van der Waals surface area contributed by atoms with E-state index in [4.69, 9.17) is 0 Å². The maximum absolute atomic E-state index is 11.9. The predicted molar refractivity (Wildman–Crippen MR) is 87.0 cm³/mol. The summed E-state index contributed by atoms with van der Waals surface area (Å²) in [5, 5.41) is 9.54. The van der Waals surface area contributed by atoms with Gasteiger partial charge >= 0.3 is 0 Å². The lowest BCUT2D eigenvalue weighted by Gasteiger charge is -2.18. The van der Waals surface area contributed by atoms with Gasteiger partial charge in [-0.3, -0.25) is 9.69 Å². The van der Waals surface area contributed by atoms with Gasteiger partial charge in [0.1, 0.15) is 17.1 Å². The number of nitrogens with one attached hydrogen (secondary N) is 1. The van der Waals surface area contributed by atoms with E-state index < -0.39 is 0 Å². The Balaban J connectivity index is 2.03. The fourth-order valence-corrected chi connectivity index (χ4v) is 3.29. The van der Waals surface area contributed by atoms with Crippen molar-refractivity contribution in [3.63, 3.8) is 0 Å². The zero-order valence-corrected chi connectivity index (χ0v) is 13.1. The third-order valence-corrected chi connectivity index (χ3v) is 4.50. The maximum Gasteiger partial charge on any atom is 0.186 e. The summed E-state index contributed by atoms with van der Waals surface area (Å²) in [5.74, 6) is 0.0274. The van der Waals surface area contributed by atoms with Crippen LogP contribution in [-0.4, -0.2) is 17.9 Å². The first kappa shape index (κ1) is 14.5. The number of fused-ring (bicyclic) bond motifs is 1. The summed E-state index contributed by atoms with van der Waals surface area (Å²) in [6.07, 6.45) is 8.12. The minimum absolute atomic E-state index is 0.0828. The number of para-hydroxylation sites is 1. The van der Waals surface area contributed by atoms with Gasteiger partial charge in [-0.15, -0.1) is 0 Å². The van der Waals surface area contributed by atoms with Crippen molar-refractivity contribution in [3.05, 3.63) is 77.2 Å². The van der Waals surface area contributed by atoms with Crippen LogP contribution in [0.2, 0.25) is 0 Å². The first-order chi connectivity index (χ1) is 10.4. The molecule has 0 bridgehead atoms. The fourth-order valence-electron chi connectivity index (χ4n) is 3.29. The topological polar surface area (TPSA) is 41.7 Å². The van der Waals surface area contributed by atoms with E-state index in [1.54, 1.807) is 6.08 Å². The van der Waals surface area contributed by atoms with Crippen LogP contribution >= 0.6 is 0 Å². The quantitative estimate of drug-likeness (QED) is 0.782. The number of ketones is 1. The van der Waals surface area contributed by atoms with Gasteiger partial charge in [0.05, 0.1) is 12.5 Å². The molecule has 0 aromatic heterocycles. The van der Waals surface area contributed by atoms with E-state index in [1.165, 1.54) is 40.1 Å². The number of quaternary nitrogens is 1. The second kappa shape index (κ2) is 5.11. The van der Waals surface area contributed by atoms with Gasteiger partial charge < -0.3 is 5.11 Å². The molecule has 0 saturated carbocycles. The molecule has 1 aliphatic heterocycles. The van der Waals surface area contributed by atoms with Crippen LogP contribution in [0.1, 0.15) is 19.4 Å². The normalized spacial score (nSPS) is 26.4. The molecule has 0 radical (unpaired) electrons. The van der Waals surface area contributed by atoms with Crippen LogP contribution in [0.25, 0.3) is 0 Å². The molecule has 112 valence electrons. The van der Waals surface area contributed by atoms with Gasteiger partial charge in [-0.1, -0.05) is 18.2 Å². The molecule has 0 saturated heterocycles. The number of carbonyl (C=O) groups is 1. The second-order valence-electron chi connectivity index (χ2n) is 6.26. The molecule has 2 N–H and O–H groups in total. The molecular weight excluding hydrogens is 274 g/mol. The van der Waals surface area contributed by atoms with Gasteiger partial charge in [-0.05, 0) is 50.3 Å². The number of benzene rings is 1. The lowest BCUT2D eigenvalue weighted by atomic mass is 9.83. The van der Waals surface area contributed by atoms with E-state index in [2.05, 4.69) is 45.2 Å². The number of hydrogen-bond donors (Lipinski definition) is 2. The van der Waals surface area contributed by atoms with Crippen LogP contribution in [0.4, 0.5) is 5.69 Å². The molecule has 3 nitrogen and oxygen atoms in total. The Kier molecular flexibility index (Phi) is 3.38. The first-order valence-electron chi connectivity index (χ1n) is 7.40. The zero-order valence-electron chi connectivity index (χ0n) is 13.1. The van der Waals surface area contributed by atoms with E-state index in [0.717, 1.165) is 0 Å². The van der Waals surface area contributed by atoms with E-state index in [1.807, 2.05) is 6.08 Å². The summed E-state index contributed by atoms with van der Waals surface area (Å²) in [6, 6.07) is 8.41. The molecular formula is C19H20NO2+. The average molecular weight is 294 g/mol. The summed E-state index contributed by atoms with van der Waals surface area (Å²) in [5.41, 5.74) is 4.20. The average Bonchev–Trinajstić information content (AvgIpc) is 2.68. The Morgan fingerprint density at radius 1 is 1.14 bits per heavy atom. The number of aliphatic hydroxyl groups excluding tert-OH is 1. The van der Waals surface area contributed by atoms with E-state index in [-0.39, 0.29) is 17.0 Å². The lowest BCUT2D eigenvalue weighted by molar-refractivity contribution is -0.764. The molecule has 1 atom stereocenters. The molecule has 0 fully saturated rings. The SMILES string of the molecule is C[NH+]1C(=CC=C2C=C(O)C=CC2=O)C(C)(C)c2ccccc21. The number of aliphatic hydroxyl groups is 1. The van der Waals surface area contributed by atoms with Crippen molar-refractivity contribution in [3.8, 4) is 0 Å². The minimum Gasteiger partial charge on any atom is -0.508 e. The highest BCUT2D eigenvalue weighted by Crippen LogP contribution is 2.37. The molecule has 22 heavy (non-hydrogen) atoms. The summed E-state index contributed by atoms with van der Waals surface area (Å²) in [6.45, 7) is 4.39. The Morgan fingerprint density at radius 3 is 2.59 bits per heavy atom. The molecule has 3 heteroatoms. The van der Waals surface area contributed by atoms with E-state index in [9.17, 15) is 9.90 Å². The summed E-state index contributed by atoms with van der Waals surface area (Å²) < 4.78 is 0. The highest BCUT2D eigenvalue weighted by molar-refractivity contribution is 6.07. The van der Waals surface area contributed by atoms with Gasteiger partial charge in [0.15, 0.2) is 5.78 Å². The van der Waals surface area contributed by atoms with Crippen LogP contribution in [0.5, 0.6) is 0 Å². The number of likely N-dealkylation sites (N-methyl/N-ethyl adjacent to an activating group) is 1. The van der Waals surface area contributed by atoms with Crippen LogP contribution in [0.3, 0.4) is 0 Å². The summed E-state index contributed by atoms with van der Waals surface area (Å²) in [7, 11) is 2.12. The van der Waals surface area contributed by atoms with Gasteiger partial charge in [-0.2, -0.15) is 0 Å². The monoisotopic (exact) mass is 294 g/mol. The number of rotatable bonds is 1. The molecule has 0 amide bonds. The smallest absolute Gasteiger partial charge is 0.186 e. The summed E-state index contributed by atoms with van der Waals surface area (Å²) in [4.78, 5) is 13.1. The molecule has 0 spiro atoms. The molecule has 1 aromatic rings. The number of allylic oxidation sites excluding steroid dienone is 7. The second-order valence-corrected chi connectivity index (χ2v) is 6.26. The zero-order chi connectivity index (χ0) is 15.9. The van der Waals surface area contributed by atoms with Crippen molar-refractivity contribution >= 4 is 11.5 Å². The molecule has 2 aliphatic rings. The van der Waals surface area contributed by atoms with Crippen molar-refractivity contribution in [1.29, 1.82) is 0 Å². The fraction of sp³-hybridized carbons (Fsp3) is 0.211. The van der Waals surface area contributed by atoms with Crippen LogP contribution in [0, 0.1) is 0 Å². The van der Waals surface area contributed by atoms with Gasteiger partial charge in [0.2, 0.25) is 0 Å². The van der Waals surface area contributed by atoms with Crippen molar-refractivity contribution in [2.75, 3.05) is 7.05 Å². The van der Waals surface area contributed by atoms with Crippen LogP contribution in [0.15, 0.2) is 71.7 Å². The Morgan fingerprint density at radius 2 is 1.86 bits per heavy atom. The molecule has 1 aliphatic carbocycles. The molecule has 1 heterocycles. The third kappa shape index (κ3) is 2.24. The highest BCUT2D eigenvalue weighted by Gasteiger charge is 2.43. The van der Waals surface area contributed by atoms with E-state index in [0.29, 0.717) is 5.57 Å². The predicted octanol–water partition coefficient (Wildman–Crippen LogP) is 2.52. The van der Waals surface area contributed by atoms with Gasteiger partial charge in [0.25, 0.3) is 0 Å². The van der Waals surface area contributed by atoms with Gasteiger partial charge in [-0.25, -0.2) is 0 Å². The number of carbonyl (C=O) groups excluding carboxylic acids is 1. The van der Waals surface area contributed by atoms with Crippen molar-refractivity contribution < 1.29 is 14.8 Å². The largest absolute Gasteiger partial charge is 0.508 e. The standard InChI is InChI=1S/C19H19NO2/c1-19(2)15-6-4-5-7-16(15)20(3)18(19)11-8-13-12-14(21)9-10-17(13)22/h4-12,21H,1-3H3/p+1. The lowest BCUT2D eigenvalue weighted by Crippen LogP contribution is -3.01. The Bertz CT molecular complexity index is 763. The van der Waals surface area contributed by atoms with E-state index >= 15 is 0 Å². The van der Waals surface area contributed by atoms with Crippen molar-refractivity contribution in [2.45, 2.75) is 19.3 Å². The van der Waals surface area contributed by atoms with Gasteiger partial charge in [0, 0.05) is 11.1 Å². The third-order valence-electron chi connectivity index (χ3n) is 4.50. The van der Waals surface area contributed by atoms with Crippen molar-refractivity contribution in [2.24, 2.45) is 0 Å². The molecule has 1 aromatic carbocycles. The van der Waals surface area contributed by atoms with Crippen LogP contribution in [-0.2, 0) is 10.2 Å². The molecule has 1 unspecified atom stereocenters. The molecule has 3 rings (SSSR count). The number of hydrogen-bond acceptors (Lipinski definition) is 2. The first-order valence-corrected chi connectivity index (χ1v) is 7.40. The van der Waals surface area contributed by atoms with Crippen molar-refractivity contribution in [1.82, 2.24) is 0 Å². The highest BCUT2D eigenvalue weighted by atomic mass is 16.3. The summed E-state index contributed by atoms with van der Waals surface area (Å²) >= 11 is 0. The van der Waals surface area contributed by atoms with Crippen LogP contribution < -0.4 is 4.90 Å². The maximum atomic E-state index is 11.9.